The van der Waals surface area contributed by atoms with Gasteiger partial charge in [-0.25, -0.2) is 4.98 Å². The fourth-order valence-electron chi connectivity index (χ4n) is 4.26. The van der Waals surface area contributed by atoms with Crippen LogP contribution in [0.4, 0.5) is 0 Å². The van der Waals surface area contributed by atoms with Crippen molar-refractivity contribution in [2.24, 2.45) is 0 Å². The molecule has 0 amide bonds. The second-order valence-electron chi connectivity index (χ2n) is 7.92. The third-order valence-corrected chi connectivity index (χ3v) is 5.85. The highest BCUT2D eigenvalue weighted by Crippen LogP contribution is 2.42. The van der Waals surface area contributed by atoms with Crippen LogP contribution < -0.4 is 0 Å². The number of hydrogen-bond acceptors (Lipinski definition) is 4. The van der Waals surface area contributed by atoms with Crippen LogP contribution in [0, 0.1) is 13.8 Å². The summed E-state index contributed by atoms with van der Waals surface area (Å²) in [6, 6.07) is 12.7. The number of aromatic amines is 1. The van der Waals surface area contributed by atoms with Gasteiger partial charge in [0.15, 0.2) is 0 Å². The lowest BCUT2D eigenvalue weighted by Crippen LogP contribution is -1.89. The van der Waals surface area contributed by atoms with Gasteiger partial charge in [0.1, 0.15) is 11.6 Å². The zero-order chi connectivity index (χ0) is 19.5. The Morgan fingerprint density at radius 2 is 1.90 bits per heavy atom. The van der Waals surface area contributed by atoms with E-state index in [1.807, 2.05) is 32.3 Å². The summed E-state index contributed by atoms with van der Waals surface area (Å²) < 4.78 is 5.44. The average molecular weight is 380 g/mol. The molecular formula is C24H20N4O. The van der Waals surface area contributed by atoms with Crippen LogP contribution in [-0.4, -0.2) is 20.1 Å². The zero-order valence-corrected chi connectivity index (χ0v) is 16.4. The first kappa shape index (κ1) is 16.5. The summed E-state index contributed by atoms with van der Waals surface area (Å²) in [5.74, 6) is 2.47. The Bertz CT molecular complexity index is 1370. The first-order chi connectivity index (χ1) is 14.2. The number of fused-ring (bicyclic) bond motifs is 2. The number of nitrogens with zero attached hydrogens (tertiary/aromatic N) is 3. The van der Waals surface area contributed by atoms with Gasteiger partial charge in [-0.3, -0.25) is 4.98 Å². The van der Waals surface area contributed by atoms with Crippen LogP contribution in [0.2, 0.25) is 0 Å². The summed E-state index contributed by atoms with van der Waals surface area (Å²) in [5, 5.41) is 6.46. The first-order valence-electron chi connectivity index (χ1n) is 9.99. The molecule has 29 heavy (non-hydrogen) atoms. The molecule has 5 nitrogen and oxygen atoms in total. The summed E-state index contributed by atoms with van der Waals surface area (Å²) in [5.41, 5.74) is 7.26. The number of rotatable bonds is 3. The van der Waals surface area contributed by atoms with Crippen molar-refractivity contribution in [3.63, 3.8) is 0 Å². The van der Waals surface area contributed by atoms with Crippen molar-refractivity contribution >= 4 is 21.8 Å². The Morgan fingerprint density at radius 1 is 1.03 bits per heavy atom. The molecule has 0 atom stereocenters. The lowest BCUT2D eigenvalue weighted by molar-refractivity contribution is 0.393. The number of aromatic nitrogens is 4. The smallest absolute Gasteiger partial charge is 0.141 e. The van der Waals surface area contributed by atoms with E-state index in [9.17, 15) is 0 Å². The Kier molecular flexibility index (Phi) is 3.42. The summed E-state index contributed by atoms with van der Waals surface area (Å²) in [6.07, 6.45) is 6.28. The molecule has 1 fully saturated rings. The molecule has 1 aliphatic rings. The van der Waals surface area contributed by atoms with E-state index < -0.39 is 0 Å². The zero-order valence-electron chi connectivity index (χ0n) is 16.4. The molecule has 2 aromatic carbocycles. The summed E-state index contributed by atoms with van der Waals surface area (Å²) >= 11 is 0. The molecule has 0 saturated heterocycles. The summed E-state index contributed by atoms with van der Waals surface area (Å²) in [4.78, 5) is 13.1. The van der Waals surface area contributed by atoms with Gasteiger partial charge in [0.25, 0.3) is 0 Å². The van der Waals surface area contributed by atoms with Crippen molar-refractivity contribution in [2.45, 2.75) is 32.6 Å². The largest absolute Gasteiger partial charge is 0.361 e. The highest BCUT2D eigenvalue weighted by molar-refractivity contribution is 6.04. The van der Waals surface area contributed by atoms with Crippen molar-refractivity contribution < 1.29 is 4.52 Å². The highest BCUT2D eigenvalue weighted by atomic mass is 16.5. The predicted octanol–water partition coefficient (Wildman–Crippen LogP) is 5.93. The Hall–Kier alpha value is -3.47. The molecule has 0 radical (unpaired) electrons. The third kappa shape index (κ3) is 2.58. The first-order valence-corrected chi connectivity index (χ1v) is 9.99. The Balaban J connectivity index is 1.69. The molecular weight excluding hydrogens is 360 g/mol. The monoisotopic (exact) mass is 380 g/mol. The minimum absolute atomic E-state index is 0.559. The molecule has 1 saturated carbocycles. The van der Waals surface area contributed by atoms with E-state index in [1.165, 1.54) is 18.2 Å². The van der Waals surface area contributed by atoms with Crippen molar-refractivity contribution in [3.8, 4) is 22.3 Å². The van der Waals surface area contributed by atoms with Crippen LogP contribution in [0.15, 0.2) is 53.3 Å². The quantitative estimate of drug-likeness (QED) is 0.421. The van der Waals surface area contributed by atoms with Gasteiger partial charge in [-0.05, 0) is 49.8 Å². The van der Waals surface area contributed by atoms with Gasteiger partial charge in [-0.1, -0.05) is 29.4 Å². The Morgan fingerprint density at radius 3 is 2.69 bits per heavy atom. The maximum atomic E-state index is 5.44. The van der Waals surface area contributed by atoms with E-state index in [0.29, 0.717) is 5.92 Å². The van der Waals surface area contributed by atoms with Crippen LogP contribution >= 0.6 is 0 Å². The number of aryl methyl sites for hydroxylation is 2. The van der Waals surface area contributed by atoms with Gasteiger partial charge in [-0.2, -0.15) is 0 Å². The molecule has 3 aromatic heterocycles. The average Bonchev–Trinajstić information content (AvgIpc) is 3.42. The Labute approximate surface area is 167 Å². The molecule has 6 rings (SSSR count). The van der Waals surface area contributed by atoms with Crippen LogP contribution in [0.3, 0.4) is 0 Å². The number of pyridine rings is 1. The van der Waals surface area contributed by atoms with E-state index in [-0.39, 0.29) is 0 Å². The van der Waals surface area contributed by atoms with E-state index >= 15 is 0 Å². The maximum absolute atomic E-state index is 5.44. The molecule has 0 unspecified atom stereocenters. The number of benzene rings is 2. The number of imidazole rings is 1. The second-order valence-corrected chi connectivity index (χ2v) is 7.92. The van der Waals surface area contributed by atoms with Crippen molar-refractivity contribution in [2.75, 3.05) is 0 Å². The van der Waals surface area contributed by atoms with Crippen molar-refractivity contribution in [1.82, 2.24) is 20.1 Å². The van der Waals surface area contributed by atoms with Gasteiger partial charge in [-0.15, -0.1) is 0 Å². The molecule has 0 bridgehead atoms. The molecule has 0 aliphatic heterocycles. The van der Waals surface area contributed by atoms with Crippen LogP contribution in [0.25, 0.3) is 44.1 Å². The lowest BCUT2D eigenvalue weighted by Gasteiger charge is -2.10. The number of nitrogens with one attached hydrogen (secondary N) is 1. The highest BCUT2D eigenvalue weighted by Gasteiger charge is 2.28. The fraction of sp³-hybridized carbons (Fsp3) is 0.208. The maximum Gasteiger partial charge on any atom is 0.141 e. The van der Waals surface area contributed by atoms with Crippen molar-refractivity contribution in [1.29, 1.82) is 0 Å². The lowest BCUT2D eigenvalue weighted by atomic mass is 9.95. The minimum Gasteiger partial charge on any atom is -0.361 e. The molecule has 5 aromatic rings. The number of hydrogen-bond donors (Lipinski definition) is 1. The van der Waals surface area contributed by atoms with E-state index in [1.54, 1.807) is 0 Å². The third-order valence-electron chi connectivity index (χ3n) is 5.85. The van der Waals surface area contributed by atoms with Crippen LogP contribution in [-0.2, 0) is 0 Å². The van der Waals surface area contributed by atoms with Crippen LogP contribution in [0.1, 0.15) is 36.0 Å². The molecule has 1 N–H and O–H groups in total. The SMILES string of the molecule is Cc1noc(C)c1-c1cc(-c2cncc3ccccc23)c2nc(C3CC3)[nH]c2c1. The van der Waals surface area contributed by atoms with Gasteiger partial charge >= 0.3 is 0 Å². The molecule has 3 heterocycles. The van der Waals surface area contributed by atoms with Gasteiger partial charge in [0.2, 0.25) is 0 Å². The molecule has 142 valence electrons. The topological polar surface area (TPSA) is 67.6 Å². The minimum atomic E-state index is 0.559. The van der Waals surface area contributed by atoms with Gasteiger partial charge in [0, 0.05) is 40.4 Å². The van der Waals surface area contributed by atoms with E-state index in [2.05, 4.69) is 45.5 Å². The molecule has 1 aliphatic carbocycles. The standard InChI is InChI=1S/C24H20N4O/c1-13-22(14(2)29-28-13)17-9-19(20-12-25-11-16-5-3-4-6-18(16)20)23-21(10-17)26-24(27-23)15-7-8-15/h3-6,9-12,15H,7-8H2,1-2H3,(H,26,27). The van der Waals surface area contributed by atoms with E-state index in [0.717, 1.165) is 56.0 Å². The van der Waals surface area contributed by atoms with Gasteiger partial charge < -0.3 is 9.51 Å². The molecule has 0 spiro atoms. The predicted molar refractivity (Wildman–Crippen MR) is 114 cm³/mol. The van der Waals surface area contributed by atoms with Crippen LogP contribution in [0.5, 0.6) is 0 Å². The van der Waals surface area contributed by atoms with E-state index in [4.69, 9.17) is 9.51 Å². The molecule has 5 heteroatoms. The normalized spacial score (nSPS) is 14.1. The summed E-state index contributed by atoms with van der Waals surface area (Å²) in [7, 11) is 0. The number of H-pyrrole nitrogens is 1. The van der Waals surface area contributed by atoms with Crippen molar-refractivity contribution in [3.05, 3.63) is 66.1 Å². The van der Waals surface area contributed by atoms with Gasteiger partial charge in [0.05, 0.1) is 16.7 Å². The fourth-order valence-corrected chi connectivity index (χ4v) is 4.26. The second kappa shape index (κ2) is 6.01. The summed E-state index contributed by atoms with van der Waals surface area (Å²) in [6.45, 7) is 3.94.